The summed E-state index contributed by atoms with van der Waals surface area (Å²) in [7, 11) is 0.342. The van der Waals surface area contributed by atoms with Crippen molar-refractivity contribution in [2.45, 2.75) is 85.0 Å². The van der Waals surface area contributed by atoms with Crippen LogP contribution in [0.15, 0.2) is 12.1 Å². The van der Waals surface area contributed by atoms with E-state index in [9.17, 15) is 19.7 Å². The fraction of sp³-hybridized carbons (Fsp3) is 0.733. The lowest BCUT2D eigenvalue weighted by Crippen LogP contribution is -2.63. The molecule has 8 atom stereocenters. The van der Waals surface area contributed by atoms with Crippen LogP contribution in [-0.4, -0.2) is 61.5 Å². The average molecular weight is 560 g/mol. The highest BCUT2D eigenvalue weighted by Crippen LogP contribution is 2.68. The molecule has 8 nitrogen and oxygen atoms in total. The van der Waals surface area contributed by atoms with E-state index in [-0.39, 0.29) is 72.3 Å². The van der Waals surface area contributed by atoms with E-state index in [1.54, 1.807) is 13.2 Å². The molecule has 220 valence electrons. The largest absolute Gasteiger partial charge is 0.494 e. The molecule has 0 saturated heterocycles. The minimum atomic E-state index is -1.38. The van der Waals surface area contributed by atoms with Crippen molar-refractivity contribution in [2.75, 3.05) is 20.3 Å². The Morgan fingerprint density at radius 1 is 1.23 bits per heavy atom. The van der Waals surface area contributed by atoms with Crippen molar-refractivity contribution in [2.24, 2.45) is 34.0 Å². The molecular formula is C30H42BFO8. The lowest BCUT2D eigenvalue weighted by molar-refractivity contribution is -0.208. The first-order valence-corrected chi connectivity index (χ1v) is 14.5. The summed E-state index contributed by atoms with van der Waals surface area (Å²) in [5, 5.41) is 19.9. The molecule has 1 aromatic carbocycles. The van der Waals surface area contributed by atoms with Crippen LogP contribution in [0.5, 0.6) is 5.75 Å². The van der Waals surface area contributed by atoms with Gasteiger partial charge in [0.1, 0.15) is 11.9 Å². The summed E-state index contributed by atoms with van der Waals surface area (Å²) in [5.41, 5.74) is -1.08. The first-order valence-electron chi connectivity index (χ1n) is 14.5. The third-order valence-corrected chi connectivity index (χ3v) is 11.3. The van der Waals surface area contributed by atoms with Gasteiger partial charge in [0, 0.05) is 41.8 Å². The van der Waals surface area contributed by atoms with E-state index in [1.165, 1.54) is 6.07 Å². The van der Waals surface area contributed by atoms with Gasteiger partial charge >= 0.3 is 13.1 Å². The Morgan fingerprint density at radius 2 is 1.95 bits per heavy atom. The van der Waals surface area contributed by atoms with Crippen molar-refractivity contribution in [1.82, 2.24) is 0 Å². The minimum Gasteiger partial charge on any atom is -0.479 e. The molecule has 0 aromatic heterocycles. The molecule has 1 aromatic rings. The molecule has 10 heteroatoms. The van der Waals surface area contributed by atoms with Crippen LogP contribution in [0, 0.1) is 39.8 Å². The molecule has 0 unspecified atom stereocenters. The van der Waals surface area contributed by atoms with Gasteiger partial charge in [-0.15, -0.1) is 0 Å². The first kappa shape index (κ1) is 29.5. The number of benzene rings is 1. The molecule has 4 aliphatic rings. The number of aliphatic hydroxyl groups excluding tert-OH is 1. The minimum absolute atomic E-state index is 0.0146. The van der Waals surface area contributed by atoms with Crippen LogP contribution in [-0.2, 0) is 30.3 Å². The number of Topliss-reactive ketones (excluding diaryl/α,β-unsaturated/α-hetero) is 1. The second-order valence-electron chi connectivity index (χ2n) is 13.0. The number of esters is 1. The van der Waals surface area contributed by atoms with E-state index in [1.807, 2.05) is 13.8 Å². The third kappa shape index (κ3) is 4.41. The molecule has 1 heterocycles. The molecule has 2 N–H and O–H groups in total. The number of fused-ring (bicyclic) bond motifs is 1. The normalized spacial score (nSPS) is 38.9. The van der Waals surface area contributed by atoms with Crippen LogP contribution in [0.1, 0.15) is 71.8 Å². The zero-order chi connectivity index (χ0) is 29.0. The van der Waals surface area contributed by atoms with Crippen molar-refractivity contribution < 1.29 is 43.0 Å². The van der Waals surface area contributed by atoms with E-state index in [4.69, 9.17) is 18.9 Å². The molecule has 0 amide bonds. The quantitative estimate of drug-likeness (QED) is 0.387. The van der Waals surface area contributed by atoms with Crippen molar-refractivity contribution >= 4 is 24.3 Å². The van der Waals surface area contributed by atoms with E-state index < -0.39 is 42.4 Å². The maximum absolute atomic E-state index is 15.0. The zero-order valence-electron chi connectivity index (χ0n) is 24.2. The van der Waals surface area contributed by atoms with Crippen molar-refractivity contribution in [1.29, 1.82) is 0 Å². The summed E-state index contributed by atoms with van der Waals surface area (Å²) in [6.45, 7) is 7.73. The number of hydrogen-bond acceptors (Lipinski definition) is 8. The number of carbonyl (C=O) groups is 2. The summed E-state index contributed by atoms with van der Waals surface area (Å²) >= 11 is 0. The molecule has 40 heavy (non-hydrogen) atoms. The number of halogens is 1. The Hall–Kier alpha value is -2.01. The Bertz CT molecular complexity index is 1160. The van der Waals surface area contributed by atoms with Gasteiger partial charge in [-0.25, -0.2) is 9.18 Å². The lowest BCUT2D eigenvalue weighted by atomic mass is 9.43. The molecule has 3 saturated carbocycles. The van der Waals surface area contributed by atoms with Crippen molar-refractivity contribution in [3.8, 4) is 5.75 Å². The van der Waals surface area contributed by atoms with Gasteiger partial charge in [0.2, 0.25) is 0 Å². The number of carbonyl (C=O) groups excluding carboxylic acids is 2. The highest BCUT2D eigenvalue weighted by molar-refractivity contribution is 6.61. The van der Waals surface area contributed by atoms with E-state index in [2.05, 4.69) is 13.8 Å². The molecule has 0 radical (unpaired) electrons. The number of rotatable bonds is 7. The second kappa shape index (κ2) is 10.7. The van der Waals surface area contributed by atoms with Crippen LogP contribution in [0.3, 0.4) is 0 Å². The maximum atomic E-state index is 15.0. The number of methoxy groups -OCH3 is 1. The van der Waals surface area contributed by atoms with Crippen LogP contribution in [0.4, 0.5) is 4.39 Å². The Morgan fingerprint density at radius 3 is 2.65 bits per heavy atom. The van der Waals surface area contributed by atoms with Gasteiger partial charge in [-0.2, -0.15) is 0 Å². The molecule has 1 aliphatic heterocycles. The van der Waals surface area contributed by atoms with Gasteiger partial charge in [0.25, 0.3) is 0 Å². The predicted octanol–water partition coefficient (Wildman–Crippen LogP) is 3.18. The summed E-state index contributed by atoms with van der Waals surface area (Å²) in [4.78, 5) is 27.5. The summed E-state index contributed by atoms with van der Waals surface area (Å²) in [6.07, 6.45) is 3.41. The number of hydrogen-bond donors (Lipinski definition) is 2. The van der Waals surface area contributed by atoms with Crippen LogP contribution in [0.2, 0.25) is 0 Å². The number of aliphatic hydroxyl groups is 1. The SMILES string of the molecule is CO[C@@H]1CC[C@@]23CC[C@@H](C)[C@@](C)([C@H](OC(=O)COc4ccc5c(c4F)B(O)OC5)C[C@@](C)(CCO)C(=O)[C@@H]2C)[C@@H]13. The van der Waals surface area contributed by atoms with Gasteiger partial charge in [0.15, 0.2) is 18.2 Å². The Labute approximate surface area is 236 Å². The van der Waals surface area contributed by atoms with Gasteiger partial charge in [-0.1, -0.05) is 33.8 Å². The summed E-state index contributed by atoms with van der Waals surface area (Å²) < 4.78 is 37.9. The molecule has 2 bridgehead atoms. The van der Waals surface area contributed by atoms with Gasteiger partial charge in [-0.3, -0.25) is 4.79 Å². The third-order valence-electron chi connectivity index (χ3n) is 11.3. The molecule has 0 spiro atoms. The van der Waals surface area contributed by atoms with Crippen LogP contribution >= 0.6 is 0 Å². The molecule has 5 rings (SSSR count). The Kier molecular flexibility index (Phi) is 7.87. The van der Waals surface area contributed by atoms with Gasteiger partial charge < -0.3 is 29.0 Å². The topological polar surface area (TPSA) is 112 Å². The van der Waals surface area contributed by atoms with Gasteiger partial charge in [-0.05, 0) is 61.5 Å². The smallest absolute Gasteiger partial charge is 0.479 e. The molecule has 3 aliphatic carbocycles. The monoisotopic (exact) mass is 560 g/mol. The number of ketones is 1. The highest BCUT2D eigenvalue weighted by Gasteiger charge is 2.68. The second-order valence-corrected chi connectivity index (χ2v) is 13.0. The first-order chi connectivity index (χ1) is 18.9. The van der Waals surface area contributed by atoms with Gasteiger partial charge in [0.05, 0.1) is 12.7 Å². The zero-order valence-corrected chi connectivity index (χ0v) is 24.2. The van der Waals surface area contributed by atoms with Crippen molar-refractivity contribution in [3.63, 3.8) is 0 Å². The fourth-order valence-corrected chi connectivity index (χ4v) is 8.83. The number of ether oxygens (including phenoxy) is 3. The van der Waals surface area contributed by atoms with E-state index in [0.29, 0.717) is 5.56 Å². The standard InChI is InChI=1S/C30H42BFO8/c1-17-8-10-30-11-9-21(37-5)26(30)29(17,4)22(14-28(3,12-13-33)27(35)18(30)2)40-23(34)16-38-20-7-6-19-15-39-31(36)24(19)25(20)32/h6-7,17-18,21-22,26,33,36H,8-16H2,1-5H3/t17-,18+,21-,22-,26-,28-,29+,30+/m1/s1. The molecule has 3 fully saturated rings. The maximum Gasteiger partial charge on any atom is 0.494 e. The van der Waals surface area contributed by atoms with E-state index >= 15 is 4.39 Å². The van der Waals surface area contributed by atoms with Crippen LogP contribution in [0.25, 0.3) is 0 Å². The summed E-state index contributed by atoms with van der Waals surface area (Å²) in [6, 6.07) is 3.02. The Balaban J connectivity index is 1.46. The summed E-state index contributed by atoms with van der Waals surface area (Å²) in [5.74, 6) is -1.48. The van der Waals surface area contributed by atoms with Crippen LogP contribution < -0.4 is 10.2 Å². The lowest BCUT2D eigenvalue weighted by Gasteiger charge is -2.61. The highest BCUT2D eigenvalue weighted by atomic mass is 19.1. The molecular weight excluding hydrogens is 518 g/mol. The van der Waals surface area contributed by atoms with Crippen molar-refractivity contribution in [3.05, 3.63) is 23.5 Å². The van der Waals surface area contributed by atoms with E-state index in [0.717, 1.165) is 25.7 Å². The average Bonchev–Trinajstić information content (AvgIpc) is 3.51. The predicted molar refractivity (Wildman–Crippen MR) is 145 cm³/mol. The fourth-order valence-electron chi connectivity index (χ4n) is 8.83.